The van der Waals surface area contributed by atoms with Crippen LogP contribution in [0, 0.1) is 13.8 Å². The van der Waals surface area contributed by atoms with Gasteiger partial charge in [0.1, 0.15) is 11.6 Å². The van der Waals surface area contributed by atoms with E-state index in [0.717, 1.165) is 12.5 Å². The highest BCUT2D eigenvalue weighted by Crippen LogP contribution is 2.37. The van der Waals surface area contributed by atoms with E-state index in [1.54, 1.807) is 43.3 Å². The van der Waals surface area contributed by atoms with Crippen LogP contribution >= 0.6 is 0 Å². The van der Waals surface area contributed by atoms with Crippen molar-refractivity contribution in [3.8, 4) is 39.5 Å². The number of aryl methyl sites for hydroxylation is 2. The van der Waals surface area contributed by atoms with E-state index in [0.29, 0.717) is 39.5 Å². The van der Waals surface area contributed by atoms with Crippen molar-refractivity contribution >= 4 is 9.84 Å². The highest BCUT2D eigenvalue weighted by molar-refractivity contribution is 7.90. The quantitative estimate of drug-likeness (QED) is 0.187. The maximum atomic E-state index is 13.5. The molecule has 13 heteroatoms. The molecule has 7 nitrogen and oxygen atoms in total. The molecule has 0 N–H and O–H groups in total. The number of alkyl halides is 5. The van der Waals surface area contributed by atoms with Crippen molar-refractivity contribution in [3.63, 3.8) is 0 Å². The highest BCUT2D eigenvalue weighted by atomic mass is 32.2. The molecule has 42 heavy (non-hydrogen) atoms. The summed E-state index contributed by atoms with van der Waals surface area (Å²) in [5, 5.41) is 4.54. The molecule has 0 fully saturated rings. The smallest absolute Gasteiger partial charge is 0.434 e. The van der Waals surface area contributed by atoms with Crippen molar-refractivity contribution < 1.29 is 35.1 Å². The van der Waals surface area contributed by atoms with E-state index < -0.39 is 28.3 Å². The molecule has 5 aromatic rings. The van der Waals surface area contributed by atoms with Crippen LogP contribution in [0.15, 0.2) is 83.9 Å². The molecule has 0 spiro atoms. The van der Waals surface area contributed by atoms with Crippen LogP contribution in [0.1, 0.15) is 17.2 Å². The van der Waals surface area contributed by atoms with Gasteiger partial charge < -0.3 is 9.30 Å². The van der Waals surface area contributed by atoms with Crippen LogP contribution in [0.3, 0.4) is 0 Å². The number of rotatable bonds is 7. The third-order valence-corrected chi connectivity index (χ3v) is 7.55. The van der Waals surface area contributed by atoms with E-state index in [-0.39, 0.29) is 16.5 Å². The third kappa shape index (κ3) is 5.91. The number of hydrogen-bond acceptors (Lipinski definition) is 5. The van der Waals surface area contributed by atoms with Gasteiger partial charge in [0, 0.05) is 18.0 Å². The Morgan fingerprint density at radius 1 is 0.905 bits per heavy atom. The third-order valence-electron chi connectivity index (χ3n) is 6.44. The van der Waals surface area contributed by atoms with Gasteiger partial charge in [-0.1, -0.05) is 18.2 Å². The van der Waals surface area contributed by atoms with Crippen LogP contribution in [0.25, 0.3) is 33.8 Å². The lowest BCUT2D eigenvalue weighted by atomic mass is 9.99. The number of ether oxygens (including phenoxy) is 1. The van der Waals surface area contributed by atoms with Gasteiger partial charge in [-0.05, 0) is 79.6 Å². The molecule has 0 saturated heterocycles. The predicted octanol–water partition coefficient (Wildman–Crippen LogP) is 7.03. The van der Waals surface area contributed by atoms with E-state index >= 15 is 0 Å². The van der Waals surface area contributed by atoms with E-state index in [9.17, 15) is 30.4 Å². The number of benzene rings is 3. The minimum absolute atomic E-state index is 0.0543. The monoisotopic (exact) mass is 602 g/mol. The second-order valence-corrected chi connectivity index (χ2v) is 11.5. The van der Waals surface area contributed by atoms with Gasteiger partial charge in [0.2, 0.25) is 0 Å². The van der Waals surface area contributed by atoms with Crippen LogP contribution in [0.5, 0.6) is 5.75 Å². The first-order valence-electron chi connectivity index (χ1n) is 12.4. The fraction of sp³-hybridized carbons (Fsp3) is 0.172. The zero-order valence-corrected chi connectivity index (χ0v) is 23.2. The molecule has 2 aromatic heterocycles. The minimum Gasteiger partial charge on any atom is -0.435 e. The van der Waals surface area contributed by atoms with Crippen LogP contribution in [-0.4, -0.2) is 40.6 Å². The van der Waals surface area contributed by atoms with Crippen LogP contribution < -0.4 is 4.74 Å². The van der Waals surface area contributed by atoms with E-state index in [4.69, 9.17) is 0 Å². The molecule has 0 radical (unpaired) electrons. The van der Waals surface area contributed by atoms with Gasteiger partial charge in [-0.3, -0.25) is 0 Å². The van der Waals surface area contributed by atoms with E-state index in [2.05, 4.69) is 14.8 Å². The van der Waals surface area contributed by atoms with Crippen molar-refractivity contribution in [2.24, 2.45) is 0 Å². The van der Waals surface area contributed by atoms with Crippen LogP contribution in [0.2, 0.25) is 0 Å². The summed E-state index contributed by atoms with van der Waals surface area (Å²) in [6.45, 7) is 0.189. The molecule has 2 heterocycles. The first-order chi connectivity index (χ1) is 19.7. The summed E-state index contributed by atoms with van der Waals surface area (Å²) in [6.07, 6.45) is -2.66. The molecule has 0 unspecified atom stereocenters. The zero-order valence-electron chi connectivity index (χ0n) is 22.4. The van der Waals surface area contributed by atoms with Gasteiger partial charge in [-0.2, -0.15) is 27.1 Å². The maximum Gasteiger partial charge on any atom is 0.434 e. The van der Waals surface area contributed by atoms with Crippen molar-refractivity contribution in [2.75, 3.05) is 6.26 Å². The average molecular weight is 603 g/mol. The van der Waals surface area contributed by atoms with Crippen LogP contribution in [-0.2, 0) is 16.0 Å². The Balaban J connectivity index is 1.73. The lowest BCUT2D eigenvalue weighted by Crippen LogP contribution is -2.05. The summed E-state index contributed by atoms with van der Waals surface area (Å²) in [7, 11) is -3.50. The van der Waals surface area contributed by atoms with E-state index in [1.165, 1.54) is 52.6 Å². The van der Waals surface area contributed by atoms with Gasteiger partial charge in [-0.25, -0.2) is 18.1 Å². The molecule has 218 valence electrons. The summed E-state index contributed by atoms with van der Waals surface area (Å²) in [4.78, 5) is 3.81. The first-order valence-corrected chi connectivity index (χ1v) is 14.3. The largest absolute Gasteiger partial charge is 0.435 e. The number of hydrogen-bond donors (Lipinski definition) is 0. The SMILES string of the molecule is Cc1cc(-c2cc(-c3cccc(S(C)(=O)=O)c3)ccc2-n2cc(C(F)(F)F)nc2C)n(-c2ccc(OC(F)F)cc2)n1. The molecule has 0 aliphatic heterocycles. The summed E-state index contributed by atoms with van der Waals surface area (Å²) in [5.41, 5.74) is 2.46. The summed E-state index contributed by atoms with van der Waals surface area (Å²) in [6, 6.07) is 18.8. The number of sulfone groups is 1. The number of imidazole rings is 1. The highest BCUT2D eigenvalue weighted by Gasteiger charge is 2.34. The number of nitrogens with zero attached hydrogens (tertiary/aromatic N) is 4. The number of aromatic nitrogens is 4. The molecule has 0 aliphatic carbocycles. The Morgan fingerprint density at radius 2 is 1.60 bits per heavy atom. The maximum absolute atomic E-state index is 13.5. The molecule has 3 aromatic carbocycles. The molecule has 0 atom stereocenters. The van der Waals surface area contributed by atoms with E-state index in [1.807, 2.05) is 0 Å². The molecule has 0 aliphatic rings. The Hall–Kier alpha value is -4.52. The molecule has 0 saturated carbocycles. The molecular formula is C29H23F5N4O3S. The summed E-state index contributed by atoms with van der Waals surface area (Å²) < 4.78 is 97.6. The minimum atomic E-state index is -4.66. The van der Waals surface area contributed by atoms with Gasteiger partial charge in [0.05, 0.1) is 27.7 Å². The molecule has 0 bridgehead atoms. The zero-order chi connectivity index (χ0) is 30.4. The Kier molecular flexibility index (Phi) is 7.39. The van der Waals surface area contributed by atoms with Crippen molar-refractivity contribution in [1.29, 1.82) is 0 Å². The second kappa shape index (κ2) is 10.7. The Morgan fingerprint density at radius 3 is 2.21 bits per heavy atom. The van der Waals surface area contributed by atoms with Crippen molar-refractivity contribution in [2.45, 2.75) is 31.5 Å². The lowest BCUT2D eigenvalue weighted by Gasteiger charge is -2.16. The fourth-order valence-corrected chi connectivity index (χ4v) is 5.21. The predicted molar refractivity (Wildman–Crippen MR) is 146 cm³/mol. The normalized spacial score (nSPS) is 12.2. The summed E-state index contributed by atoms with van der Waals surface area (Å²) in [5.74, 6) is 0.0352. The topological polar surface area (TPSA) is 79.0 Å². The summed E-state index contributed by atoms with van der Waals surface area (Å²) >= 11 is 0. The second-order valence-electron chi connectivity index (χ2n) is 9.53. The lowest BCUT2D eigenvalue weighted by molar-refractivity contribution is -0.141. The van der Waals surface area contributed by atoms with Gasteiger partial charge in [0.15, 0.2) is 15.5 Å². The fourth-order valence-electron chi connectivity index (χ4n) is 4.55. The standard InChI is InChI=1S/C29H23F5N4O3S/c1-17-13-26(38(36-17)21-8-10-22(11-9-21)41-28(30)31)24-15-20(19-5-4-6-23(14-19)42(3,39)40)7-12-25(24)37-16-27(29(32,33)34)35-18(37)2/h4-16,28H,1-3H3. The molecular weight excluding hydrogens is 579 g/mol. The van der Waals surface area contributed by atoms with Crippen molar-refractivity contribution in [3.05, 3.63) is 96.2 Å². The van der Waals surface area contributed by atoms with Gasteiger partial charge in [-0.15, -0.1) is 0 Å². The molecule has 5 rings (SSSR count). The first kappa shape index (κ1) is 29.0. The molecule has 0 amide bonds. The average Bonchev–Trinajstić information content (AvgIpc) is 3.50. The Bertz CT molecular complexity index is 1880. The van der Waals surface area contributed by atoms with Crippen LogP contribution in [0.4, 0.5) is 22.0 Å². The van der Waals surface area contributed by atoms with Crippen molar-refractivity contribution in [1.82, 2.24) is 19.3 Å². The number of halogens is 5. The Labute approximate surface area is 237 Å². The van der Waals surface area contributed by atoms with Gasteiger partial charge in [0.25, 0.3) is 0 Å². The van der Waals surface area contributed by atoms with Gasteiger partial charge >= 0.3 is 12.8 Å².